The molecule has 0 atom stereocenters. The predicted octanol–water partition coefficient (Wildman–Crippen LogP) is 11.3. The van der Waals surface area contributed by atoms with E-state index < -0.39 is 0 Å². The van der Waals surface area contributed by atoms with Gasteiger partial charge in [0, 0.05) is 38.0 Å². The Labute approximate surface area is 299 Å². The molecule has 0 bridgehead atoms. The zero-order valence-electron chi connectivity index (χ0n) is 28.2. The minimum Gasteiger partial charge on any atom is -0.512 e. The maximum absolute atomic E-state index is 11.7. The summed E-state index contributed by atoms with van der Waals surface area (Å²) in [5.74, 6) is 0.547. The second kappa shape index (κ2) is 20.0. The number of carbonyl (C=O) groups is 1. The molecule has 249 valence electrons. The van der Waals surface area contributed by atoms with Crippen molar-refractivity contribution < 1.29 is 30.0 Å². The third-order valence-corrected chi connectivity index (χ3v) is 8.25. The summed E-state index contributed by atoms with van der Waals surface area (Å²) < 4.78 is 0. The standard InChI is InChI=1S/2C15H10N.C13H24O2.Ir/c2*1-2-6-12(7-3-1)15-11-10-13-8-4-5-9-14(13)16-15;1-5-10(6-2)12(14)9-13(15)11(7-3)8-4;/h2*1-6,8-11H;9-11,14H,5-8H2,1-4H3;/q2*-1;;/b;;12-9-;. The molecular formula is C43H44IrN2O2-2. The van der Waals surface area contributed by atoms with Gasteiger partial charge in [-0.25, -0.2) is 0 Å². The average Bonchev–Trinajstić information content (AvgIpc) is 3.13. The second-order valence-electron chi connectivity index (χ2n) is 11.3. The molecule has 2 heterocycles. The van der Waals surface area contributed by atoms with Crippen LogP contribution in [0.3, 0.4) is 0 Å². The number of hydrogen-bond acceptors (Lipinski definition) is 4. The largest absolute Gasteiger partial charge is 0.512 e. The number of ketones is 1. The smallest absolute Gasteiger partial charge is 0.162 e. The first-order valence-corrected chi connectivity index (χ1v) is 16.6. The molecular weight excluding hydrogens is 769 g/mol. The Morgan fingerprint density at radius 1 is 0.604 bits per heavy atom. The topological polar surface area (TPSA) is 63.1 Å². The third-order valence-electron chi connectivity index (χ3n) is 8.25. The van der Waals surface area contributed by atoms with Gasteiger partial charge in [-0.05, 0) is 60.0 Å². The molecule has 0 unspecified atom stereocenters. The number of nitrogens with zero attached hydrogens (tertiary/aromatic N) is 2. The summed E-state index contributed by atoms with van der Waals surface area (Å²) in [7, 11) is 0. The second-order valence-corrected chi connectivity index (χ2v) is 11.3. The number of allylic oxidation sites excluding steroid dienone is 2. The van der Waals surface area contributed by atoms with E-state index in [1.165, 1.54) is 16.8 Å². The number of carbonyl (C=O) groups excluding carboxylic acids is 1. The molecule has 48 heavy (non-hydrogen) atoms. The summed E-state index contributed by atoms with van der Waals surface area (Å²) in [6, 6.07) is 46.7. The van der Waals surface area contributed by atoms with Crippen LogP contribution in [0.1, 0.15) is 53.4 Å². The normalized spacial score (nSPS) is 10.9. The van der Waals surface area contributed by atoms with E-state index in [2.05, 4.69) is 46.4 Å². The maximum Gasteiger partial charge on any atom is 0.162 e. The fourth-order valence-electron chi connectivity index (χ4n) is 5.32. The minimum absolute atomic E-state index is 0. The molecule has 2 aromatic heterocycles. The SMILES string of the molecule is CCC(CC)C(=O)/C=C(\O)C(CC)CC.[Ir].[c-]1ccccc1-c1ccc2ccccc2n1.[c-]1ccccc1-c1ccc2ccccc2n1. The van der Waals surface area contributed by atoms with E-state index in [1.54, 1.807) is 0 Å². The van der Waals surface area contributed by atoms with Crippen LogP contribution in [0.2, 0.25) is 0 Å². The van der Waals surface area contributed by atoms with Gasteiger partial charge in [0.05, 0.1) is 16.8 Å². The monoisotopic (exact) mass is 813 g/mol. The van der Waals surface area contributed by atoms with Crippen LogP contribution in [-0.2, 0) is 24.9 Å². The van der Waals surface area contributed by atoms with Crippen molar-refractivity contribution in [2.45, 2.75) is 53.4 Å². The Balaban J connectivity index is 0.000000194. The Kier molecular flexibility index (Phi) is 15.9. The van der Waals surface area contributed by atoms with Gasteiger partial charge in [0.15, 0.2) is 5.78 Å². The Morgan fingerprint density at radius 3 is 1.42 bits per heavy atom. The average molecular weight is 813 g/mol. The van der Waals surface area contributed by atoms with Gasteiger partial charge in [0.25, 0.3) is 0 Å². The molecule has 0 saturated heterocycles. The molecule has 0 aliphatic rings. The number of fused-ring (bicyclic) bond motifs is 2. The molecule has 1 N–H and O–H groups in total. The minimum atomic E-state index is 0. The number of aromatic nitrogens is 2. The number of hydrogen-bond donors (Lipinski definition) is 1. The molecule has 6 rings (SSSR count). The van der Waals surface area contributed by atoms with Crippen LogP contribution in [0, 0.1) is 24.0 Å². The zero-order valence-corrected chi connectivity index (χ0v) is 30.6. The van der Waals surface area contributed by atoms with Gasteiger partial charge < -0.3 is 5.11 Å². The number of para-hydroxylation sites is 2. The predicted molar refractivity (Wildman–Crippen MR) is 196 cm³/mol. The van der Waals surface area contributed by atoms with Gasteiger partial charge in [-0.1, -0.05) is 88.4 Å². The van der Waals surface area contributed by atoms with Crippen LogP contribution in [0.5, 0.6) is 0 Å². The summed E-state index contributed by atoms with van der Waals surface area (Å²) in [5.41, 5.74) is 6.06. The van der Waals surface area contributed by atoms with Crippen molar-refractivity contribution in [3.8, 4) is 22.5 Å². The van der Waals surface area contributed by atoms with Crippen LogP contribution < -0.4 is 0 Å². The fourth-order valence-corrected chi connectivity index (χ4v) is 5.32. The summed E-state index contributed by atoms with van der Waals surface area (Å²) in [5, 5.41) is 12.1. The maximum atomic E-state index is 11.7. The van der Waals surface area contributed by atoms with Crippen molar-refractivity contribution in [2.75, 3.05) is 0 Å². The molecule has 5 heteroatoms. The van der Waals surface area contributed by atoms with Crippen molar-refractivity contribution in [1.82, 2.24) is 9.97 Å². The molecule has 0 spiro atoms. The van der Waals surface area contributed by atoms with Crippen LogP contribution in [-0.4, -0.2) is 20.9 Å². The van der Waals surface area contributed by atoms with Gasteiger partial charge in [0.2, 0.25) is 0 Å². The number of aliphatic hydroxyl groups excluding tert-OH is 1. The van der Waals surface area contributed by atoms with E-state index >= 15 is 0 Å². The molecule has 0 fully saturated rings. The van der Waals surface area contributed by atoms with Crippen molar-refractivity contribution in [2.24, 2.45) is 11.8 Å². The first-order valence-electron chi connectivity index (χ1n) is 16.6. The summed E-state index contributed by atoms with van der Waals surface area (Å²) in [6.45, 7) is 8.07. The third kappa shape index (κ3) is 10.8. The van der Waals surface area contributed by atoms with E-state index in [-0.39, 0.29) is 43.5 Å². The van der Waals surface area contributed by atoms with Crippen molar-refractivity contribution in [3.05, 3.63) is 145 Å². The van der Waals surface area contributed by atoms with Crippen molar-refractivity contribution in [3.63, 3.8) is 0 Å². The van der Waals surface area contributed by atoms with Crippen LogP contribution >= 0.6 is 0 Å². The Bertz CT molecular complexity index is 1750. The van der Waals surface area contributed by atoms with Gasteiger partial charge in [0.1, 0.15) is 0 Å². The van der Waals surface area contributed by atoms with Crippen LogP contribution in [0.15, 0.2) is 133 Å². The first-order chi connectivity index (χ1) is 23.0. The van der Waals surface area contributed by atoms with Crippen molar-refractivity contribution in [1.29, 1.82) is 0 Å². The Hall–Kier alpha value is -4.44. The summed E-state index contributed by atoms with van der Waals surface area (Å²) in [4.78, 5) is 20.9. The van der Waals surface area contributed by atoms with Crippen LogP contribution in [0.4, 0.5) is 0 Å². The van der Waals surface area contributed by atoms with Crippen molar-refractivity contribution >= 4 is 27.6 Å². The number of pyridine rings is 2. The number of aliphatic hydroxyl groups is 1. The molecule has 0 amide bonds. The molecule has 1 radical (unpaired) electrons. The van der Waals surface area contributed by atoms with E-state index in [0.29, 0.717) is 0 Å². The molecule has 0 aliphatic heterocycles. The number of benzene rings is 4. The van der Waals surface area contributed by atoms with Crippen LogP contribution in [0.25, 0.3) is 44.3 Å². The van der Waals surface area contributed by atoms with Gasteiger partial charge in [-0.15, -0.1) is 71.8 Å². The van der Waals surface area contributed by atoms with E-state index in [1.807, 2.05) is 125 Å². The van der Waals surface area contributed by atoms with E-state index in [4.69, 9.17) is 0 Å². The van der Waals surface area contributed by atoms with Gasteiger partial charge in [-0.3, -0.25) is 14.8 Å². The molecule has 6 aromatic rings. The zero-order chi connectivity index (χ0) is 33.4. The molecule has 0 saturated carbocycles. The van der Waals surface area contributed by atoms with Gasteiger partial charge in [-0.2, -0.15) is 0 Å². The van der Waals surface area contributed by atoms with E-state index in [0.717, 1.165) is 59.2 Å². The Morgan fingerprint density at radius 2 is 1.02 bits per heavy atom. The van der Waals surface area contributed by atoms with E-state index in [9.17, 15) is 9.90 Å². The molecule has 0 aliphatic carbocycles. The summed E-state index contributed by atoms with van der Waals surface area (Å²) >= 11 is 0. The number of rotatable bonds is 9. The fraction of sp³-hybridized carbons (Fsp3) is 0.233. The van der Waals surface area contributed by atoms with Gasteiger partial charge >= 0.3 is 0 Å². The molecule has 4 nitrogen and oxygen atoms in total. The summed E-state index contributed by atoms with van der Waals surface area (Å²) in [6.07, 6.45) is 4.91. The first kappa shape index (κ1) is 38.0. The molecule has 4 aromatic carbocycles. The quantitative estimate of drug-likeness (QED) is 0.0897.